The molecule has 0 aromatic carbocycles. The summed E-state index contributed by atoms with van der Waals surface area (Å²) in [5.41, 5.74) is 0. The molecule has 0 bridgehead atoms. The van der Waals surface area contributed by atoms with Gasteiger partial charge in [-0.2, -0.15) is 0 Å². The Labute approximate surface area is 103 Å². The van der Waals surface area contributed by atoms with Crippen LogP contribution in [0.4, 0.5) is 0 Å². The standard InChI is InChI=1S/C13H24N2O2/c1-2-11(7-9-16)15-8-3-4-12(13(15)17)14-10-5-6-10/h10-12,14,16H,2-9H2,1H3. The third kappa shape index (κ3) is 3.19. The molecule has 4 nitrogen and oxygen atoms in total. The molecule has 0 aromatic heterocycles. The van der Waals surface area contributed by atoms with Gasteiger partial charge in [-0.25, -0.2) is 0 Å². The van der Waals surface area contributed by atoms with Crippen LogP contribution in [0.5, 0.6) is 0 Å². The van der Waals surface area contributed by atoms with Gasteiger partial charge in [0.1, 0.15) is 0 Å². The first-order chi connectivity index (χ1) is 8.26. The van der Waals surface area contributed by atoms with Crippen LogP contribution in [0.3, 0.4) is 0 Å². The molecule has 1 saturated heterocycles. The minimum atomic E-state index is 0.0315. The number of rotatable bonds is 6. The van der Waals surface area contributed by atoms with E-state index in [1.54, 1.807) is 0 Å². The molecule has 2 atom stereocenters. The van der Waals surface area contributed by atoms with E-state index in [2.05, 4.69) is 12.2 Å². The number of hydrogen-bond acceptors (Lipinski definition) is 3. The lowest BCUT2D eigenvalue weighted by Gasteiger charge is -2.38. The van der Waals surface area contributed by atoms with E-state index in [4.69, 9.17) is 5.11 Å². The van der Waals surface area contributed by atoms with Crippen molar-refractivity contribution in [3.8, 4) is 0 Å². The fourth-order valence-corrected chi connectivity index (χ4v) is 2.68. The summed E-state index contributed by atoms with van der Waals surface area (Å²) in [7, 11) is 0. The number of aliphatic hydroxyl groups is 1. The number of carbonyl (C=O) groups excluding carboxylic acids is 1. The van der Waals surface area contributed by atoms with Crippen LogP contribution in [0.25, 0.3) is 0 Å². The summed E-state index contributed by atoms with van der Waals surface area (Å²) in [6.45, 7) is 3.12. The first-order valence-electron chi connectivity index (χ1n) is 6.93. The Bertz CT molecular complexity index is 266. The van der Waals surface area contributed by atoms with Crippen LogP contribution < -0.4 is 5.32 Å². The maximum atomic E-state index is 12.3. The fraction of sp³-hybridized carbons (Fsp3) is 0.923. The van der Waals surface area contributed by atoms with Gasteiger partial charge in [-0.05, 0) is 38.5 Å². The van der Waals surface area contributed by atoms with Crippen molar-refractivity contribution in [2.45, 2.75) is 63.6 Å². The Morgan fingerprint density at radius 2 is 2.24 bits per heavy atom. The number of piperidine rings is 1. The molecule has 17 heavy (non-hydrogen) atoms. The largest absolute Gasteiger partial charge is 0.396 e. The average molecular weight is 240 g/mol. The summed E-state index contributed by atoms with van der Waals surface area (Å²) >= 11 is 0. The highest BCUT2D eigenvalue weighted by atomic mass is 16.3. The second-order valence-electron chi connectivity index (χ2n) is 5.24. The maximum absolute atomic E-state index is 12.3. The van der Waals surface area contributed by atoms with Crippen molar-refractivity contribution >= 4 is 5.91 Å². The molecular formula is C13H24N2O2. The summed E-state index contributed by atoms with van der Waals surface area (Å²) in [5, 5.41) is 12.5. The zero-order chi connectivity index (χ0) is 12.3. The Morgan fingerprint density at radius 3 is 2.82 bits per heavy atom. The fourth-order valence-electron chi connectivity index (χ4n) is 2.68. The van der Waals surface area contributed by atoms with Crippen LogP contribution in [-0.4, -0.2) is 47.2 Å². The number of likely N-dealkylation sites (tertiary alicyclic amines) is 1. The van der Waals surface area contributed by atoms with Gasteiger partial charge in [-0.1, -0.05) is 6.92 Å². The van der Waals surface area contributed by atoms with Crippen LogP contribution in [0, 0.1) is 0 Å². The van der Waals surface area contributed by atoms with Crippen molar-refractivity contribution in [3.05, 3.63) is 0 Å². The Kier molecular flexibility index (Phi) is 4.40. The van der Waals surface area contributed by atoms with Gasteiger partial charge in [0.25, 0.3) is 0 Å². The van der Waals surface area contributed by atoms with E-state index in [1.165, 1.54) is 12.8 Å². The molecule has 1 heterocycles. The SMILES string of the molecule is CCC(CCO)N1CCCC(NC2CC2)C1=O. The lowest BCUT2D eigenvalue weighted by Crippen LogP contribution is -2.54. The van der Waals surface area contributed by atoms with E-state index in [9.17, 15) is 4.79 Å². The lowest BCUT2D eigenvalue weighted by molar-refractivity contribution is -0.139. The topological polar surface area (TPSA) is 52.6 Å². The number of carbonyl (C=O) groups is 1. The van der Waals surface area contributed by atoms with E-state index in [1.807, 2.05) is 4.90 Å². The molecule has 0 radical (unpaired) electrons. The molecule has 2 unspecified atom stereocenters. The Balaban J connectivity index is 1.93. The monoisotopic (exact) mass is 240 g/mol. The van der Waals surface area contributed by atoms with Gasteiger partial charge < -0.3 is 15.3 Å². The number of nitrogens with zero attached hydrogens (tertiary/aromatic N) is 1. The van der Waals surface area contributed by atoms with Crippen LogP contribution in [0.2, 0.25) is 0 Å². The van der Waals surface area contributed by atoms with Crippen LogP contribution in [-0.2, 0) is 4.79 Å². The quantitative estimate of drug-likeness (QED) is 0.725. The molecule has 98 valence electrons. The smallest absolute Gasteiger partial charge is 0.239 e. The molecule has 1 aliphatic carbocycles. The summed E-state index contributed by atoms with van der Waals surface area (Å²) in [6.07, 6.45) is 6.13. The molecule has 1 saturated carbocycles. The molecule has 2 aliphatic rings. The van der Waals surface area contributed by atoms with Crippen molar-refractivity contribution < 1.29 is 9.90 Å². The van der Waals surface area contributed by atoms with Crippen molar-refractivity contribution in [2.75, 3.05) is 13.2 Å². The van der Waals surface area contributed by atoms with Crippen LogP contribution in [0.15, 0.2) is 0 Å². The first-order valence-corrected chi connectivity index (χ1v) is 6.93. The minimum absolute atomic E-state index is 0.0315. The average Bonchev–Trinajstić information content (AvgIpc) is 3.13. The van der Waals surface area contributed by atoms with Gasteiger partial charge in [0.15, 0.2) is 0 Å². The van der Waals surface area contributed by atoms with E-state index >= 15 is 0 Å². The Hall–Kier alpha value is -0.610. The lowest BCUT2D eigenvalue weighted by atomic mass is 10.00. The number of amides is 1. The third-order valence-electron chi connectivity index (χ3n) is 3.86. The second kappa shape index (κ2) is 5.83. The van der Waals surface area contributed by atoms with Crippen molar-refractivity contribution in [3.63, 3.8) is 0 Å². The number of hydrogen-bond donors (Lipinski definition) is 2. The predicted molar refractivity (Wildman–Crippen MR) is 66.7 cm³/mol. The normalized spacial score (nSPS) is 27.3. The van der Waals surface area contributed by atoms with Gasteiger partial charge >= 0.3 is 0 Å². The van der Waals surface area contributed by atoms with Gasteiger partial charge in [0, 0.05) is 25.2 Å². The highest BCUT2D eigenvalue weighted by Crippen LogP contribution is 2.24. The first kappa shape index (κ1) is 12.8. The van der Waals surface area contributed by atoms with Crippen molar-refractivity contribution in [2.24, 2.45) is 0 Å². The minimum Gasteiger partial charge on any atom is -0.396 e. The summed E-state index contributed by atoms with van der Waals surface area (Å²) < 4.78 is 0. The zero-order valence-corrected chi connectivity index (χ0v) is 10.7. The van der Waals surface area contributed by atoms with Gasteiger partial charge in [-0.3, -0.25) is 4.79 Å². The predicted octanol–water partition coefficient (Wildman–Crippen LogP) is 0.890. The molecule has 4 heteroatoms. The van der Waals surface area contributed by atoms with Crippen molar-refractivity contribution in [1.29, 1.82) is 0 Å². The summed E-state index contributed by atoms with van der Waals surface area (Å²) in [4.78, 5) is 14.3. The van der Waals surface area contributed by atoms with E-state index in [-0.39, 0.29) is 24.6 Å². The Morgan fingerprint density at radius 1 is 1.47 bits per heavy atom. The maximum Gasteiger partial charge on any atom is 0.239 e. The number of aliphatic hydroxyl groups excluding tert-OH is 1. The van der Waals surface area contributed by atoms with E-state index in [0.717, 1.165) is 25.8 Å². The summed E-state index contributed by atoms with van der Waals surface area (Å²) in [5.74, 6) is 0.253. The molecule has 1 amide bonds. The zero-order valence-electron chi connectivity index (χ0n) is 10.7. The summed E-state index contributed by atoms with van der Waals surface area (Å²) in [6, 6.07) is 0.835. The highest BCUT2D eigenvalue weighted by Gasteiger charge is 2.35. The molecule has 2 fully saturated rings. The molecule has 2 N–H and O–H groups in total. The molecule has 2 rings (SSSR count). The van der Waals surface area contributed by atoms with Gasteiger partial charge in [-0.15, -0.1) is 0 Å². The van der Waals surface area contributed by atoms with E-state index in [0.29, 0.717) is 12.5 Å². The molecular weight excluding hydrogens is 216 g/mol. The van der Waals surface area contributed by atoms with Crippen LogP contribution in [0.1, 0.15) is 45.4 Å². The van der Waals surface area contributed by atoms with E-state index < -0.39 is 0 Å². The molecule has 1 aliphatic heterocycles. The van der Waals surface area contributed by atoms with Gasteiger partial charge in [0.2, 0.25) is 5.91 Å². The second-order valence-corrected chi connectivity index (χ2v) is 5.24. The molecule has 0 spiro atoms. The highest BCUT2D eigenvalue weighted by molar-refractivity contribution is 5.83. The third-order valence-corrected chi connectivity index (χ3v) is 3.86. The van der Waals surface area contributed by atoms with Gasteiger partial charge in [0.05, 0.1) is 6.04 Å². The molecule has 0 aromatic rings. The van der Waals surface area contributed by atoms with Crippen molar-refractivity contribution in [1.82, 2.24) is 10.2 Å². The van der Waals surface area contributed by atoms with Crippen LogP contribution >= 0.6 is 0 Å². The number of nitrogens with one attached hydrogen (secondary N) is 1.